The number of aromatic nitrogens is 2. The van der Waals surface area contributed by atoms with Gasteiger partial charge in [-0.05, 0) is 45.9 Å². The van der Waals surface area contributed by atoms with Gasteiger partial charge < -0.3 is 24.3 Å². The Labute approximate surface area is 240 Å². The van der Waals surface area contributed by atoms with E-state index in [1.807, 2.05) is 0 Å². The van der Waals surface area contributed by atoms with Crippen LogP contribution in [0, 0.1) is 5.92 Å². The minimum Gasteiger partial charge on any atom is -0.484 e. The molecule has 4 rings (SSSR count). The summed E-state index contributed by atoms with van der Waals surface area (Å²) in [6.07, 6.45) is -5.71. The second-order valence-electron chi connectivity index (χ2n) is 10.0. The number of aryl methyl sites for hydroxylation is 1. The maximum atomic E-state index is 14.0. The van der Waals surface area contributed by atoms with Crippen molar-refractivity contribution >= 4 is 33.4 Å². The first-order valence-corrected chi connectivity index (χ1v) is 14.6. The molecule has 1 aromatic heterocycles. The highest BCUT2D eigenvalue weighted by molar-refractivity contribution is 7.93. The molecule has 2 amide bonds. The number of carbonyl (C=O) groups is 2. The Hall–Kier alpha value is -3.73. The lowest BCUT2D eigenvalue weighted by Crippen LogP contribution is -2.50. The SMILES string of the molecule is CCOc1nn(CC)cc1S(=O)(=O)N1C[C@H](CNC(=O)C2COC2)Oc2ccc(NC(=O)OC(C)(C)C(F)(F)F)cc21. The Morgan fingerprint density at radius 3 is 2.50 bits per heavy atom. The number of amides is 2. The fraction of sp³-hybridized carbons (Fsp3) is 0.560. The summed E-state index contributed by atoms with van der Waals surface area (Å²) in [5.41, 5.74) is -2.83. The van der Waals surface area contributed by atoms with Gasteiger partial charge in [0.15, 0.2) is 4.90 Å². The third kappa shape index (κ3) is 6.51. The minimum atomic E-state index is -4.82. The quantitative estimate of drug-likeness (QED) is 0.409. The number of nitrogens with zero attached hydrogens (tertiary/aromatic N) is 3. The molecular formula is C25H32F3N5O8S. The molecule has 232 valence electrons. The van der Waals surface area contributed by atoms with Gasteiger partial charge in [-0.25, -0.2) is 13.2 Å². The molecule has 2 aliphatic rings. The first-order chi connectivity index (χ1) is 19.7. The Morgan fingerprint density at radius 2 is 1.90 bits per heavy atom. The predicted octanol–water partition coefficient (Wildman–Crippen LogP) is 2.91. The van der Waals surface area contributed by atoms with Crippen LogP contribution in [0.25, 0.3) is 0 Å². The first-order valence-electron chi connectivity index (χ1n) is 13.1. The van der Waals surface area contributed by atoms with Crippen LogP contribution in [-0.2, 0) is 30.8 Å². The van der Waals surface area contributed by atoms with Crippen LogP contribution in [0.2, 0.25) is 0 Å². The Kier molecular flexibility index (Phi) is 8.82. The zero-order valence-corrected chi connectivity index (χ0v) is 24.2. The van der Waals surface area contributed by atoms with Crippen molar-refractivity contribution in [3.8, 4) is 11.6 Å². The molecule has 1 atom stereocenters. The summed E-state index contributed by atoms with van der Waals surface area (Å²) in [4.78, 5) is 24.4. The lowest BCUT2D eigenvalue weighted by atomic mass is 10.1. The van der Waals surface area contributed by atoms with E-state index in [1.165, 1.54) is 29.1 Å². The second-order valence-corrected chi connectivity index (χ2v) is 11.9. The third-order valence-corrected chi connectivity index (χ3v) is 8.31. The summed E-state index contributed by atoms with van der Waals surface area (Å²) >= 11 is 0. The zero-order chi connectivity index (χ0) is 30.9. The molecule has 0 bridgehead atoms. The van der Waals surface area contributed by atoms with Crippen LogP contribution in [0.15, 0.2) is 29.3 Å². The second kappa shape index (κ2) is 11.9. The van der Waals surface area contributed by atoms with E-state index in [4.69, 9.17) is 14.2 Å². The van der Waals surface area contributed by atoms with Crippen LogP contribution in [0.5, 0.6) is 11.6 Å². The van der Waals surface area contributed by atoms with Crippen molar-refractivity contribution in [3.63, 3.8) is 0 Å². The molecule has 0 unspecified atom stereocenters. The molecule has 0 aliphatic carbocycles. The van der Waals surface area contributed by atoms with Gasteiger partial charge in [0.1, 0.15) is 11.9 Å². The van der Waals surface area contributed by atoms with Gasteiger partial charge in [0.2, 0.25) is 11.5 Å². The van der Waals surface area contributed by atoms with E-state index in [0.717, 1.165) is 4.31 Å². The molecule has 2 N–H and O–H groups in total. The molecule has 1 fully saturated rings. The maximum Gasteiger partial charge on any atom is 0.427 e. The van der Waals surface area contributed by atoms with Crippen LogP contribution in [0.4, 0.5) is 29.3 Å². The molecule has 0 spiro atoms. The number of alkyl halides is 3. The first kappa shape index (κ1) is 31.2. The summed E-state index contributed by atoms with van der Waals surface area (Å²) < 4.78 is 91.1. The van der Waals surface area contributed by atoms with Crippen molar-refractivity contribution in [1.29, 1.82) is 0 Å². The standard InChI is InChI=1S/C25H32F3N5O8S/c1-5-32-12-20(22(31-32)39-6-2)42(36,37)33-11-17(10-29-21(34)15-13-38-14-15)40-19-8-7-16(9-18(19)33)30-23(35)41-24(3,4)25(26,27)28/h7-9,12,15,17H,5-6,10-11,13-14H2,1-4H3,(H,29,34)(H,30,35)/t17-/m0/s1. The largest absolute Gasteiger partial charge is 0.484 e. The van der Waals surface area contributed by atoms with Gasteiger partial charge in [0.05, 0.1) is 44.5 Å². The summed E-state index contributed by atoms with van der Waals surface area (Å²) in [5, 5.41) is 9.13. The fourth-order valence-corrected chi connectivity index (χ4v) is 5.56. The highest BCUT2D eigenvalue weighted by Gasteiger charge is 2.51. The Morgan fingerprint density at radius 1 is 1.19 bits per heavy atom. The normalized spacial score (nSPS) is 17.5. The number of fused-ring (bicyclic) bond motifs is 1. The monoisotopic (exact) mass is 619 g/mol. The zero-order valence-electron chi connectivity index (χ0n) is 23.4. The van der Waals surface area contributed by atoms with Gasteiger partial charge >= 0.3 is 12.3 Å². The van der Waals surface area contributed by atoms with E-state index in [2.05, 4.69) is 20.5 Å². The van der Waals surface area contributed by atoms with Gasteiger partial charge in [-0.15, -0.1) is 5.10 Å². The van der Waals surface area contributed by atoms with Crippen molar-refractivity contribution < 1.29 is 50.1 Å². The van der Waals surface area contributed by atoms with Crippen molar-refractivity contribution in [1.82, 2.24) is 15.1 Å². The van der Waals surface area contributed by atoms with Crippen molar-refractivity contribution in [2.24, 2.45) is 5.92 Å². The van der Waals surface area contributed by atoms with E-state index in [1.54, 1.807) is 13.8 Å². The molecule has 0 radical (unpaired) electrons. The highest BCUT2D eigenvalue weighted by atomic mass is 32.2. The molecule has 1 aromatic carbocycles. The van der Waals surface area contributed by atoms with E-state index >= 15 is 0 Å². The average Bonchev–Trinajstić information content (AvgIpc) is 3.29. The van der Waals surface area contributed by atoms with E-state index in [9.17, 15) is 31.2 Å². The topological polar surface area (TPSA) is 150 Å². The van der Waals surface area contributed by atoms with Gasteiger partial charge in [-0.2, -0.15) is 13.2 Å². The number of hydrogen-bond donors (Lipinski definition) is 2. The lowest BCUT2D eigenvalue weighted by Gasteiger charge is -2.36. The molecule has 3 heterocycles. The van der Waals surface area contributed by atoms with Crippen LogP contribution >= 0.6 is 0 Å². The van der Waals surface area contributed by atoms with Crippen LogP contribution < -0.4 is 24.4 Å². The van der Waals surface area contributed by atoms with Crippen LogP contribution in [-0.4, -0.2) is 81.0 Å². The fourth-order valence-electron chi connectivity index (χ4n) is 3.98. The van der Waals surface area contributed by atoms with Crippen molar-refractivity contribution in [2.45, 2.75) is 57.0 Å². The van der Waals surface area contributed by atoms with E-state index < -0.39 is 34.0 Å². The molecule has 17 heteroatoms. The number of benzene rings is 1. The maximum absolute atomic E-state index is 14.0. The Balaban J connectivity index is 1.66. The molecule has 13 nitrogen and oxygen atoms in total. The molecular weight excluding hydrogens is 587 g/mol. The van der Waals surface area contributed by atoms with E-state index in [0.29, 0.717) is 33.6 Å². The lowest BCUT2D eigenvalue weighted by molar-refractivity contribution is -0.242. The van der Waals surface area contributed by atoms with Gasteiger partial charge in [0, 0.05) is 18.4 Å². The molecule has 0 saturated carbocycles. The minimum absolute atomic E-state index is 0.00968. The number of anilines is 2. The number of rotatable bonds is 10. The molecule has 2 aromatic rings. The van der Waals surface area contributed by atoms with Crippen molar-refractivity contribution in [2.75, 3.05) is 42.5 Å². The summed E-state index contributed by atoms with van der Waals surface area (Å²) in [6, 6.07) is 3.91. The third-order valence-electron chi connectivity index (χ3n) is 6.55. The summed E-state index contributed by atoms with van der Waals surface area (Å²) in [7, 11) is -4.37. The number of hydrogen-bond acceptors (Lipinski definition) is 9. The summed E-state index contributed by atoms with van der Waals surface area (Å²) in [5.74, 6) is -0.585. The number of carbonyl (C=O) groups excluding carboxylic acids is 2. The number of halogens is 3. The number of ether oxygens (including phenoxy) is 4. The van der Waals surface area contributed by atoms with Gasteiger partial charge in [0.25, 0.3) is 15.9 Å². The highest BCUT2D eigenvalue weighted by Crippen LogP contribution is 2.40. The molecule has 1 saturated heterocycles. The number of sulfonamides is 1. The molecule has 2 aliphatic heterocycles. The smallest absolute Gasteiger partial charge is 0.427 e. The van der Waals surface area contributed by atoms with Crippen molar-refractivity contribution in [3.05, 3.63) is 24.4 Å². The Bertz CT molecular complexity index is 1430. The number of nitrogens with one attached hydrogen (secondary N) is 2. The predicted molar refractivity (Wildman–Crippen MR) is 142 cm³/mol. The van der Waals surface area contributed by atoms with Crippen LogP contribution in [0.3, 0.4) is 0 Å². The molecule has 42 heavy (non-hydrogen) atoms. The van der Waals surface area contributed by atoms with Crippen LogP contribution in [0.1, 0.15) is 27.7 Å². The van der Waals surface area contributed by atoms with E-state index in [-0.39, 0.29) is 59.4 Å². The summed E-state index contributed by atoms with van der Waals surface area (Å²) in [6.45, 7) is 5.66. The van der Waals surface area contributed by atoms with Gasteiger partial charge in [-0.3, -0.25) is 19.1 Å². The van der Waals surface area contributed by atoms with Gasteiger partial charge in [-0.1, -0.05) is 0 Å². The average molecular weight is 620 g/mol.